The van der Waals surface area contributed by atoms with Crippen molar-refractivity contribution in [1.29, 1.82) is 0 Å². The van der Waals surface area contributed by atoms with Crippen LogP contribution in [0.5, 0.6) is 11.5 Å². The number of nitrogens with zero attached hydrogens (tertiary/aromatic N) is 1. The Hall–Kier alpha value is -2.89. The van der Waals surface area contributed by atoms with Crippen LogP contribution in [0.1, 0.15) is 15.9 Å². The second-order valence-electron chi connectivity index (χ2n) is 4.14. The Morgan fingerprint density at radius 3 is 2.25 bits per heavy atom. The molecule has 0 aliphatic carbocycles. The topological polar surface area (TPSA) is 89.7 Å². The molecule has 0 spiro atoms. The molecule has 20 heavy (non-hydrogen) atoms. The average Bonchev–Trinajstić information content (AvgIpc) is 2.39. The minimum absolute atomic E-state index is 0.0265. The van der Waals surface area contributed by atoms with Crippen LogP contribution in [0.15, 0.2) is 42.5 Å². The SMILES string of the molecule is Cc1cc(Oc2ccc(C(=O)O)cc2)ccc1[N+](=O)[O-]. The van der Waals surface area contributed by atoms with Gasteiger partial charge >= 0.3 is 5.97 Å². The van der Waals surface area contributed by atoms with Crippen molar-refractivity contribution in [3.05, 3.63) is 63.7 Å². The van der Waals surface area contributed by atoms with Gasteiger partial charge in [-0.1, -0.05) is 0 Å². The van der Waals surface area contributed by atoms with E-state index in [1.807, 2.05) is 0 Å². The number of carboxylic acid groups (broad SMARTS) is 1. The number of aromatic carboxylic acids is 1. The van der Waals surface area contributed by atoms with Gasteiger partial charge in [-0.25, -0.2) is 4.79 Å². The molecule has 2 rings (SSSR count). The largest absolute Gasteiger partial charge is 0.478 e. The molecule has 0 fully saturated rings. The van der Waals surface area contributed by atoms with Crippen molar-refractivity contribution in [2.24, 2.45) is 0 Å². The number of hydrogen-bond donors (Lipinski definition) is 1. The fraction of sp³-hybridized carbons (Fsp3) is 0.0714. The van der Waals surface area contributed by atoms with Gasteiger partial charge in [-0.2, -0.15) is 0 Å². The smallest absolute Gasteiger partial charge is 0.335 e. The van der Waals surface area contributed by atoms with Gasteiger partial charge < -0.3 is 9.84 Å². The van der Waals surface area contributed by atoms with Crippen LogP contribution in [0.2, 0.25) is 0 Å². The first-order valence-electron chi connectivity index (χ1n) is 5.73. The number of benzene rings is 2. The molecule has 2 aromatic rings. The summed E-state index contributed by atoms with van der Waals surface area (Å²) in [4.78, 5) is 21.0. The van der Waals surface area contributed by atoms with Crippen molar-refractivity contribution in [3.63, 3.8) is 0 Å². The fourth-order valence-electron chi connectivity index (χ4n) is 1.70. The second kappa shape index (κ2) is 5.40. The Balaban J connectivity index is 2.19. The summed E-state index contributed by atoms with van der Waals surface area (Å²) >= 11 is 0. The number of aryl methyl sites for hydroxylation is 1. The first-order valence-corrected chi connectivity index (χ1v) is 5.73. The first kappa shape index (κ1) is 13.5. The van der Waals surface area contributed by atoms with Gasteiger partial charge in [-0.15, -0.1) is 0 Å². The van der Waals surface area contributed by atoms with Crippen molar-refractivity contribution >= 4 is 11.7 Å². The van der Waals surface area contributed by atoms with E-state index in [9.17, 15) is 14.9 Å². The fourth-order valence-corrected chi connectivity index (χ4v) is 1.70. The van der Waals surface area contributed by atoms with E-state index >= 15 is 0 Å². The first-order chi connectivity index (χ1) is 9.47. The van der Waals surface area contributed by atoms with E-state index in [2.05, 4.69) is 0 Å². The number of nitro groups is 1. The Morgan fingerprint density at radius 2 is 1.75 bits per heavy atom. The molecule has 1 N–H and O–H groups in total. The van der Waals surface area contributed by atoms with E-state index < -0.39 is 10.9 Å². The number of carbonyl (C=O) groups is 1. The monoisotopic (exact) mass is 273 g/mol. The minimum atomic E-state index is -1.01. The number of carboxylic acids is 1. The predicted octanol–water partition coefficient (Wildman–Crippen LogP) is 3.39. The molecule has 6 heteroatoms. The molecule has 0 amide bonds. The maximum absolute atomic E-state index is 10.7. The average molecular weight is 273 g/mol. The van der Waals surface area contributed by atoms with Gasteiger partial charge in [-0.3, -0.25) is 10.1 Å². The molecule has 0 aliphatic heterocycles. The third-order valence-corrected chi connectivity index (χ3v) is 2.70. The standard InChI is InChI=1S/C14H11NO5/c1-9-8-12(6-7-13(9)15(18)19)20-11-4-2-10(3-5-11)14(16)17/h2-8H,1H3,(H,16,17). The number of hydrogen-bond acceptors (Lipinski definition) is 4. The molecule has 0 unspecified atom stereocenters. The van der Waals surface area contributed by atoms with Gasteiger partial charge in [0, 0.05) is 11.6 Å². The van der Waals surface area contributed by atoms with Gasteiger partial charge in [0.25, 0.3) is 5.69 Å². The van der Waals surface area contributed by atoms with E-state index in [4.69, 9.17) is 9.84 Å². The molecule has 0 saturated carbocycles. The zero-order valence-corrected chi connectivity index (χ0v) is 10.6. The van der Waals surface area contributed by atoms with Crippen LogP contribution >= 0.6 is 0 Å². The van der Waals surface area contributed by atoms with Crippen molar-refractivity contribution in [1.82, 2.24) is 0 Å². The molecule has 102 valence electrons. The summed E-state index contributed by atoms with van der Waals surface area (Å²) in [5, 5.41) is 19.5. The van der Waals surface area contributed by atoms with Gasteiger partial charge in [-0.05, 0) is 43.3 Å². The highest BCUT2D eigenvalue weighted by molar-refractivity contribution is 5.87. The van der Waals surface area contributed by atoms with E-state index in [0.29, 0.717) is 17.1 Å². The molecular weight excluding hydrogens is 262 g/mol. The number of ether oxygens (including phenoxy) is 1. The molecular formula is C14H11NO5. The molecule has 0 atom stereocenters. The zero-order chi connectivity index (χ0) is 14.7. The molecule has 0 radical (unpaired) electrons. The Morgan fingerprint density at radius 1 is 1.15 bits per heavy atom. The third kappa shape index (κ3) is 2.92. The lowest BCUT2D eigenvalue weighted by atomic mass is 10.2. The van der Waals surface area contributed by atoms with Crippen LogP contribution in [-0.2, 0) is 0 Å². The van der Waals surface area contributed by atoms with Crippen LogP contribution in [0.4, 0.5) is 5.69 Å². The summed E-state index contributed by atoms with van der Waals surface area (Å²) in [5.41, 5.74) is 0.686. The Kier molecular flexibility index (Phi) is 3.65. The molecule has 2 aromatic carbocycles. The van der Waals surface area contributed by atoms with Crippen LogP contribution < -0.4 is 4.74 Å². The summed E-state index contributed by atoms with van der Waals surface area (Å²) in [5.74, 6) is -0.0952. The highest BCUT2D eigenvalue weighted by Gasteiger charge is 2.11. The lowest BCUT2D eigenvalue weighted by Gasteiger charge is -2.07. The summed E-state index contributed by atoms with van der Waals surface area (Å²) in [7, 11) is 0. The van der Waals surface area contributed by atoms with Gasteiger partial charge in [0.05, 0.1) is 10.5 Å². The van der Waals surface area contributed by atoms with Crippen LogP contribution in [-0.4, -0.2) is 16.0 Å². The molecule has 0 aliphatic rings. The predicted molar refractivity (Wildman–Crippen MR) is 71.3 cm³/mol. The van der Waals surface area contributed by atoms with Gasteiger partial charge in [0.15, 0.2) is 0 Å². The molecule has 6 nitrogen and oxygen atoms in total. The van der Waals surface area contributed by atoms with E-state index in [1.165, 1.54) is 36.4 Å². The van der Waals surface area contributed by atoms with E-state index in [-0.39, 0.29) is 11.3 Å². The van der Waals surface area contributed by atoms with E-state index in [0.717, 1.165) is 0 Å². The highest BCUT2D eigenvalue weighted by Crippen LogP contribution is 2.27. The van der Waals surface area contributed by atoms with Crippen molar-refractivity contribution in [3.8, 4) is 11.5 Å². The maximum atomic E-state index is 10.7. The van der Waals surface area contributed by atoms with E-state index in [1.54, 1.807) is 13.0 Å². The van der Waals surface area contributed by atoms with Gasteiger partial charge in [0.2, 0.25) is 0 Å². The van der Waals surface area contributed by atoms with Crippen molar-refractivity contribution in [2.45, 2.75) is 6.92 Å². The van der Waals surface area contributed by atoms with Crippen molar-refractivity contribution < 1.29 is 19.6 Å². The summed E-state index contributed by atoms with van der Waals surface area (Å²) in [6, 6.07) is 10.3. The van der Waals surface area contributed by atoms with Crippen LogP contribution in [0, 0.1) is 17.0 Å². The normalized spacial score (nSPS) is 10.1. The molecule has 0 heterocycles. The van der Waals surface area contributed by atoms with Crippen LogP contribution in [0.25, 0.3) is 0 Å². The van der Waals surface area contributed by atoms with Gasteiger partial charge in [0.1, 0.15) is 11.5 Å². The molecule has 0 saturated heterocycles. The second-order valence-corrected chi connectivity index (χ2v) is 4.14. The Labute approximate surface area is 114 Å². The maximum Gasteiger partial charge on any atom is 0.335 e. The zero-order valence-electron chi connectivity index (χ0n) is 10.6. The Bertz CT molecular complexity index is 664. The van der Waals surface area contributed by atoms with Crippen molar-refractivity contribution in [2.75, 3.05) is 0 Å². The highest BCUT2D eigenvalue weighted by atomic mass is 16.6. The van der Waals surface area contributed by atoms with Crippen LogP contribution in [0.3, 0.4) is 0 Å². The molecule has 0 aromatic heterocycles. The lowest BCUT2D eigenvalue weighted by Crippen LogP contribution is -1.95. The summed E-state index contributed by atoms with van der Waals surface area (Å²) < 4.78 is 5.51. The lowest BCUT2D eigenvalue weighted by molar-refractivity contribution is -0.385. The quantitative estimate of drug-likeness (QED) is 0.681. The number of rotatable bonds is 4. The summed E-state index contributed by atoms with van der Waals surface area (Å²) in [6.07, 6.45) is 0. The third-order valence-electron chi connectivity index (χ3n) is 2.70. The number of nitro benzene ring substituents is 1. The minimum Gasteiger partial charge on any atom is -0.478 e. The summed E-state index contributed by atoms with van der Waals surface area (Å²) in [6.45, 7) is 1.62. The molecule has 0 bridgehead atoms.